The summed E-state index contributed by atoms with van der Waals surface area (Å²) < 4.78 is 10.4. The third-order valence-corrected chi connectivity index (χ3v) is 2.84. The summed E-state index contributed by atoms with van der Waals surface area (Å²) >= 11 is 0. The minimum atomic E-state index is -0.365. The van der Waals surface area contributed by atoms with E-state index >= 15 is 0 Å². The zero-order chi connectivity index (χ0) is 14.3. The molecule has 5 nitrogen and oxygen atoms in total. The molecule has 0 amide bonds. The molecule has 5 heteroatoms. The fourth-order valence-corrected chi connectivity index (χ4v) is 1.85. The Morgan fingerprint density at radius 1 is 1.37 bits per heavy atom. The van der Waals surface area contributed by atoms with Crippen LogP contribution in [-0.2, 0) is 15.9 Å². The molecular formula is C14H22N2O3. The second kappa shape index (κ2) is 7.84. The quantitative estimate of drug-likeness (QED) is 0.710. The van der Waals surface area contributed by atoms with Crippen molar-refractivity contribution in [2.24, 2.45) is 0 Å². The fraction of sp³-hybridized carbons (Fsp3) is 0.643. The van der Waals surface area contributed by atoms with Gasteiger partial charge in [0.05, 0.1) is 17.9 Å². The van der Waals surface area contributed by atoms with Crippen molar-refractivity contribution in [1.82, 2.24) is 9.97 Å². The summed E-state index contributed by atoms with van der Waals surface area (Å²) in [4.78, 5) is 20.5. The highest BCUT2D eigenvalue weighted by Crippen LogP contribution is 2.20. The molecule has 1 heterocycles. The minimum Gasteiger partial charge on any atom is -0.462 e. The SMILES string of the molecule is CCCC(OC)c1ncc(C(=O)OCC)c(CC)n1. The number of hydrogen-bond acceptors (Lipinski definition) is 5. The summed E-state index contributed by atoms with van der Waals surface area (Å²) in [6, 6.07) is 0. The molecule has 1 aromatic heterocycles. The molecule has 0 fully saturated rings. The number of aryl methyl sites for hydroxylation is 1. The number of methoxy groups -OCH3 is 1. The summed E-state index contributed by atoms with van der Waals surface area (Å²) in [7, 11) is 1.65. The number of hydrogen-bond donors (Lipinski definition) is 0. The smallest absolute Gasteiger partial charge is 0.341 e. The fourth-order valence-electron chi connectivity index (χ4n) is 1.85. The first kappa shape index (κ1) is 15.6. The van der Waals surface area contributed by atoms with E-state index in [2.05, 4.69) is 16.9 Å². The molecule has 0 saturated heterocycles. The molecule has 0 aliphatic carbocycles. The predicted molar refractivity (Wildman–Crippen MR) is 72.0 cm³/mol. The Morgan fingerprint density at radius 3 is 2.63 bits per heavy atom. The Hall–Kier alpha value is -1.49. The molecular weight excluding hydrogens is 244 g/mol. The van der Waals surface area contributed by atoms with Gasteiger partial charge in [-0.1, -0.05) is 20.3 Å². The first-order valence-electron chi connectivity index (χ1n) is 6.73. The van der Waals surface area contributed by atoms with E-state index in [1.54, 1.807) is 20.2 Å². The Balaban J connectivity index is 3.04. The lowest BCUT2D eigenvalue weighted by Gasteiger charge is -2.14. The number of nitrogens with zero attached hydrogens (tertiary/aromatic N) is 2. The molecule has 0 spiro atoms. The van der Waals surface area contributed by atoms with Crippen LogP contribution in [0.1, 0.15) is 61.6 Å². The van der Waals surface area contributed by atoms with Gasteiger partial charge < -0.3 is 9.47 Å². The molecule has 1 atom stereocenters. The van der Waals surface area contributed by atoms with Gasteiger partial charge in [0.1, 0.15) is 6.10 Å². The third-order valence-electron chi connectivity index (χ3n) is 2.84. The van der Waals surface area contributed by atoms with Gasteiger partial charge in [0.2, 0.25) is 0 Å². The van der Waals surface area contributed by atoms with Crippen LogP contribution in [0, 0.1) is 0 Å². The summed E-state index contributed by atoms with van der Waals surface area (Å²) in [6.45, 7) is 6.16. The highest BCUT2D eigenvalue weighted by Gasteiger charge is 2.18. The number of carbonyl (C=O) groups excluding carboxylic acids is 1. The van der Waals surface area contributed by atoms with E-state index in [0.717, 1.165) is 12.8 Å². The van der Waals surface area contributed by atoms with Crippen LogP contribution in [0.15, 0.2) is 6.20 Å². The summed E-state index contributed by atoms with van der Waals surface area (Å²) in [5, 5.41) is 0. The van der Waals surface area contributed by atoms with Crippen molar-refractivity contribution in [2.75, 3.05) is 13.7 Å². The Bertz CT molecular complexity index is 421. The number of esters is 1. The van der Waals surface area contributed by atoms with Crippen molar-refractivity contribution >= 4 is 5.97 Å². The maximum atomic E-state index is 11.8. The van der Waals surface area contributed by atoms with E-state index in [0.29, 0.717) is 30.1 Å². The van der Waals surface area contributed by atoms with Crippen molar-refractivity contribution in [1.29, 1.82) is 0 Å². The van der Waals surface area contributed by atoms with Crippen molar-refractivity contribution in [3.63, 3.8) is 0 Å². The average Bonchev–Trinajstić information content (AvgIpc) is 2.44. The standard InChI is InChI=1S/C14H22N2O3/c1-5-8-12(18-4)13-15-9-10(11(6-2)16-13)14(17)19-7-3/h9,12H,5-8H2,1-4H3. The molecule has 0 aliphatic rings. The highest BCUT2D eigenvalue weighted by atomic mass is 16.5. The lowest BCUT2D eigenvalue weighted by atomic mass is 10.1. The summed E-state index contributed by atoms with van der Waals surface area (Å²) in [5.74, 6) is 0.268. The average molecular weight is 266 g/mol. The van der Waals surface area contributed by atoms with Gasteiger partial charge in [-0.15, -0.1) is 0 Å². The maximum absolute atomic E-state index is 11.8. The lowest BCUT2D eigenvalue weighted by Crippen LogP contribution is -2.14. The highest BCUT2D eigenvalue weighted by molar-refractivity contribution is 5.90. The van der Waals surface area contributed by atoms with Crippen LogP contribution < -0.4 is 0 Å². The molecule has 19 heavy (non-hydrogen) atoms. The van der Waals surface area contributed by atoms with Gasteiger partial charge in [-0.05, 0) is 19.8 Å². The van der Waals surface area contributed by atoms with Gasteiger partial charge in [0.25, 0.3) is 0 Å². The molecule has 0 aliphatic heterocycles. The first-order valence-corrected chi connectivity index (χ1v) is 6.73. The van der Waals surface area contributed by atoms with Gasteiger partial charge in [-0.3, -0.25) is 0 Å². The normalized spacial score (nSPS) is 12.2. The van der Waals surface area contributed by atoms with E-state index in [-0.39, 0.29) is 12.1 Å². The molecule has 0 saturated carbocycles. The molecule has 0 N–H and O–H groups in total. The van der Waals surface area contributed by atoms with E-state index in [9.17, 15) is 4.79 Å². The minimum absolute atomic E-state index is 0.119. The number of rotatable bonds is 7. The second-order valence-electron chi connectivity index (χ2n) is 4.18. The molecule has 1 unspecified atom stereocenters. The van der Waals surface area contributed by atoms with Gasteiger partial charge in [0.15, 0.2) is 5.82 Å². The van der Waals surface area contributed by atoms with Crippen LogP contribution in [0.5, 0.6) is 0 Å². The zero-order valence-corrected chi connectivity index (χ0v) is 12.1. The van der Waals surface area contributed by atoms with Crippen molar-refractivity contribution < 1.29 is 14.3 Å². The molecule has 1 aromatic rings. The third kappa shape index (κ3) is 3.99. The maximum Gasteiger partial charge on any atom is 0.341 e. The second-order valence-corrected chi connectivity index (χ2v) is 4.18. The molecule has 0 radical (unpaired) electrons. The van der Waals surface area contributed by atoms with Gasteiger partial charge >= 0.3 is 5.97 Å². The van der Waals surface area contributed by atoms with E-state index in [4.69, 9.17) is 9.47 Å². The number of ether oxygens (including phenoxy) is 2. The Labute approximate surface area is 114 Å². The Morgan fingerprint density at radius 2 is 2.11 bits per heavy atom. The van der Waals surface area contributed by atoms with Gasteiger partial charge in [-0.2, -0.15) is 0 Å². The molecule has 0 bridgehead atoms. The van der Waals surface area contributed by atoms with E-state index in [1.807, 2.05) is 6.92 Å². The number of carbonyl (C=O) groups is 1. The van der Waals surface area contributed by atoms with Crippen LogP contribution in [0.3, 0.4) is 0 Å². The first-order chi connectivity index (χ1) is 9.17. The Kier molecular flexibility index (Phi) is 6.42. The van der Waals surface area contributed by atoms with Crippen molar-refractivity contribution in [3.05, 3.63) is 23.3 Å². The van der Waals surface area contributed by atoms with Gasteiger partial charge in [-0.25, -0.2) is 14.8 Å². The molecule has 0 aromatic carbocycles. The summed E-state index contributed by atoms with van der Waals surface area (Å²) in [5.41, 5.74) is 1.15. The van der Waals surface area contributed by atoms with E-state index in [1.165, 1.54) is 0 Å². The summed E-state index contributed by atoms with van der Waals surface area (Å²) in [6.07, 6.45) is 3.93. The van der Waals surface area contributed by atoms with Gasteiger partial charge in [0, 0.05) is 13.3 Å². The van der Waals surface area contributed by atoms with E-state index < -0.39 is 0 Å². The van der Waals surface area contributed by atoms with Crippen molar-refractivity contribution in [3.8, 4) is 0 Å². The van der Waals surface area contributed by atoms with Crippen LogP contribution in [0.25, 0.3) is 0 Å². The van der Waals surface area contributed by atoms with Crippen LogP contribution in [0.4, 0.5) is 0 Å². The van der Waals surface area contributed by atoms with Crippen LogP contribution >= 0.6 is 0 Å². The topological polar surface area (TPSA) is 61.3 Å². The van der Waals surface area contributed by atoms with Crippen molar-refractivity contribution in [2.45, 2.75) is 46.1 Å². The van der Waals surface area contributed by atoms with Crippen LogP contribution in [0.2, 0.25) is 0 Å². The monoisotopic (exact) mass is 266 g/mol. The molecule has 106 valence electrons. The zero-order valence-electron chi connectivity index (χ0n) is 12.1. The largest absolute Gasteiger partial charge is 0.462 e. The predicted octanol–water partition coefficient (Wildman–Crippen LogP) is 2.70. The lowest BCUT2D eigenvalue weighted by molar-refractivity contribution is 0.0522. The number of aromatic nitrogens is 2. The molecule has 1 rings (SSSR count). The van der Waals surface area contributed by atoms with Crippen LogP contribution in [-0.4, -0.2) is 29.7 Å².